The summed E-state index contributed by atoms with van der Waals surface area (Å²) in [5.74, 6) is -0.250. The van der Waals surface area contributed by atoms with Crippen LogP contribution >= 0.6 is 0 Å². The Morgan fingerprint density at radius 3 is 1.86 bits per heavy atom. The van der Waals surface area contributed by atoms with Gasteiger partial charge in [-0.25, -0.2) is 0 Å². The summed E-state index contributed by atoms with van der Waals surface area (Å²) in [7, 11) is 0. The molecule has 21 heavy (non-hydrogen) atoms. The Kier molecular flexibility index (Phi) is 4.53. The standard InChI is InChI=1S/C16H16F3NO/c1-2-11-3-5-12(6-4-11)15(20)13-7-9-14(10-8-13)21-16(17,18)19/h3-10,15H,2,20H2,1H3/t15-/m0/s1. The Labute approximate surface area is 121 Å². The fourth-order valence-corrected chi connectivity index (χ4v) is 2.03. The molecule has 5 heteroatoms. The SMILES string of the molecule is CCc1ccc([C@H](N)c2ccc(OC(F)(F)F)cc2)cc1. The first kappa shape index (κ1) is 15.4. The third-order valence-corrected chi connectivity index (χ3v) is 3.22. The minimum atomic E-state index is -4.68. The zero-order chi connectivity index (χ0) is 15.5. The molecule has 0 radical (unpaired) electrons. The van der Waals surface area contributed by atoms with Gasteiger partial charge in [-0.1, -0.05) is 43.3 Å². The summed E-state index contributed by atoms with van der Waals surface area (Å²) >= 11 is 0. The van der Waals surface area contributed by atoms with E-state index in [1.165, 1.54) is 17.7 Å². The van der Waals surface area contributed by atoms with Crippen LogP contribution < -0.4 is 10.5 Å². The smallest absolute Gasteiger partial charge is 0.406 e. The summed E-state index contributed by atoms with van der Waals surface area (Å²) in [4.78, 5) is 0. The van der Waals surface area contributed by atoms with E-state index in [0.717, 1.165) is 17.5 Å². The average Bonchev–Trinajstić information content (AvgIpc) is 2.46. The van der Waals surface area contributed by atoms with Crippen molar-refractivity contribution in [2.75, 3.05) is 0 Å². The number of rotatable bonds is 4. The van der Waals surface area contributed by atoms with E-state index >= 15 is 0 Å². The van der Waals surface area contributed by atoms with Crippen LogP contribution in [0.15, 0.2) is 48.5 Å². The summed E-state index contributed by atoms with van der Waals surface area (Å²) in [6, 6.07) is 13.1. The lowest BCUT2D eigenvalue weighted by atomic mass is 9.98. The second-order valence-corrected chi connectivity index (χ2v) is 4.69. The molecule has 2 aromatic rings. The summed E-state index contributed by atoms with van der Waals surface area (Å²) in [6.45, 7) is 2.06. The van der Waals surface area contributed by atoms with E-state index < -0.39 is 6.36 Å². The molecule has 0 saturated carbocycles. The average molecular weight is 295 g/mol. The number of hydrogen-bond donors (Lipinski definition) is 1. The number of benzene rings is 2. The Bertz CT molecular complexity index is 576. The van der Waals surface area contributed by atoms with Crippen molar-refractivity contribution in [3.63, 3.8) is 0 Å². The molecule has 0 spiro atoms. The van der Waals surface area contributed by atoms with Gasteiger partial charge in [0.05, 0.1) is 6.04 Å². The highest BCUT2D eigenvalue weighted by Crippen LogP contribution is 2.26. The monoisotopic (exact) mass is 295 g/mol. The van der Waals surface area contributed by atoms with Gasteiger partial charge < -0.3 is 10.5 Å². The van der Waals surface area contributed by atoms with Crippen LogP contribution in [0.3, 0.4) is 0 Å². The predicted molar refractivity (Wildman–Crippen MR) is 75.0 cm³/mol. The van der Waals surface area contributed by atoms with Gasteiger partial charge in [0.2, 0.25) is 0 Å². The van der Waals surface area contributed by atoms with Crippen LogP contribution in [0.5, 0.6) is 5.75 Å². The summed E-state index contributed by atoms with van der Waals surface area (Å²) in [6.07, 6.45) is -3.74. The molecule has 112 valence electrons. The summed E-state index contributed by atoms with van der Waals surface area (Å²) in [5, 5.41) is 0. The fourth-order valence-electron chi connectivity index (χ4n) is 2.03. The molecule has 0 unspecified atom stereocenters. The van der Waals surface area contributed by atoms with Gasteiger partial charge in [0.1, 0.15) is 5.75 Å². The molecule has 1 atom stereocenters. The second-order valence-electron chi connectivity index (χ2n) is 4.69. The molecule has 2 rings (SSSR count). The van der Waals surface area contributed by atoms with Gasteiger partial charge in [-0.2, -0.15) is 0 Å². The summed E-state index contributed by atoms with van der Waals surface area (Å²) < 4.78 is 40.1. The number of ether oxygens (including phenoxy) is 1. The van der Waals surface area contributed by atoms with Crippen molar-refractivity contribution < 1.29 is 17.9 Å². The molecule has 0 aliphatic heterocycles. The molecule has 2 nitrogen and oxygen atoms in total. The maximum absolute atomic E-state index is 12.1. The van der Waals surface area contributed by atoms with Gasteiger partial charge in [0.15, 0.2) is 0 Å². The largest absolute Gasteiger partial charge is 0.573 e. The van der Waals surface area contributed by atoms with Gasteiger partial charge in [0, 0.05) is 0 Å². The van der Waals surface area contributed by atoms with Crippen LogP contribution in [-0.2, 0) is 6.42 Å². The second kappa shape index (κ2) is 6.18. The molecule has 0 amide bonds. The molecular weight excluding hydrogens is 279 g/mol. The number of hydrogen-bond acceptors (Lipinski definition) is 2. The van der Waals surface area contributed by atoms with Gasteiger partial charge in [0.25, 0.3) is 0 Å². The highest BCUT2D eigenvalue weighted by molar-refractivity contribution is 5.36. The van der Waals surface area contributed by atoms with E-state index in [-0.39, 0.29) is 11.8 Å². The minimum Gasteiger partial charge on any atom is -0.406 e. The third-order valence-electron chi connectivity index (χ3n) is 3.22. The normalized spacial score (nSPS) is 13.0. The van der Waals surface area contributed by atoms with Crippen LogP contribution in [0, 0.1) is 0 Å². The predicted octanol–water partition coefficient (Wildman–Crippen LogP) is 4.20. The number of nitrogens with two attached hydrogens (primary N) is 1. The molecule has 0 aliphatic carbocycles. The summed E-state index contributed by atoms with van der Waals surface area (Å²) in [5.41, 5.74) is 8.97. The van der Waals surface area contributed by atoms with Crippen LogP contribution in [0.25, 0.3) is 0 Å². The minimum absolute atomic E-state index is 0.250. The Hall–Kier alpha value is -2.01. The Morgan fingerprint density at radius 1 is 0.952 bits per heavy atom. The first-order valence-electron chi connectivity index (χ1n) is 6.59. The molecular formula is C16H16F3NO. The van der Waals surface area contributed by atoms with Gasteiger partial charge in [-0.15, -0.1) is 13.2 Å². The van der Waals surface area contributed by atoms with Crippen molar-refractivity contribution in [3.8, 4) is 5.75 Å². The number of halogens is 3. The molecule has 0 saturated heterocycles. The van der Waals surface area contributed by atoms with Gasteiger partial charge in [-0.3, -0.25) is 0 Å². The van der Waals surface area contributed by atoms with E-state index in [1.54, 1.807) is 12.1 Å². The number of aryl methyl sites for hydroxylation is 1. The molecule has 0 aliphatic rings. The van der Waals surface area contributed by atoms with Crippen LogP contribution in [0.4, 0.5) is 13.2 Å². The highest BCUT2D eigenvalue weighted by atomic mass is 19.4. The Balaban J connectivity index is 2.13. The van der Waals surface area contributed by atoms with Crippen molar-refractivity contribution in [2.24, 2.45) is 5.73 Å². The van der Waals surface area contributed by atoms with Crippen molar-refractivity contribution in [1.29, 1.82) is 0 Å². The first-order chi connectivity index (χ1) is 9.89. The zero-order valence-electron chi connectivity index (χ0n) is 11.5. The molecule has 0 fully saturated rings. The molecule has 0 heterocycles. The van der Waals surface area contributed by atoms with Gasteiger partial charge >= 0.3 is 6.36 Å². The first-order valence-corrected chi connectivity index (χ1v) is 6.59. The van der Waals surface area contributed by atoms with Crippen LogP contribution in [0.2, 0.25) is 0 Å². The molecule has 0 bridgehead atoms. The zero-order valence-corrected chi connectivity index (χ0v) is 11.5. The highest BCUT2D eigenvalue weighted by Gasteiger charge is 2.31. The van der Waals surface area contributed by atoms with Crippen molar-refractivity contribution in [1.82, 2.24) is 0 Å². The maximum Gasteiger partial charge on any atom is 0.573 e. The van der Waals surface area contributed by atoms with E-state index in [9.17, 15) is 13.2 Å². The third kappa shape index (κ3) is 4.23. The lowest BCUT2D eigenvalue weighted by molar-refractivity contribution is -0.274. The van der Waals surface area contributed by atoms with E-state index in [1.807, 2.05) is 24.3 Å². The molecule has 2 aromatic carbocycles. The van der Waals surface area contributed by atoms with E-state index in [0.29, 0.717) is 0 Å². The lowest BCUT2D eigenvalue weighted by Crippen LogP contribution is -2.17. The molecule has 2 N–H and O–H groups in total. The van der Waals surface area contributed by atoms with Crippen LogP contribution in [0.1, 0.15) is 29.7 Å². The van der Waals surface area contributed by atoms with Crippen LogP contribution in [-0.4, -0.2) is 6.36 Å². The molecule has 0 aromatic heterocycles. The quantitative estimate of drug-likeness (QED) is 0.917. The fraction of sp³-hybridized carbons (Fsp3) is 0.250. The topological polar surface area (TPSA) is 35.2 Å². The van der Waals surface area contributed by atoms with E-state index in [4.69, 9.17) is 5.73 Å². The van der Waals surface area contributed by atoms with Crippen molar-refractivity contribution in [2.45, 2.75) is 25.7 Å². The van der Waals surface area contributed by atoms with Crippen molar-refractivity contribution >= 4 is 0 Å². The Morgan fingerprint density at radius 2 is 1.43 bits per heavy atom. The van der Waals surface area contributed by atoms with Crippen molar-refractivity contribution in [3.05, 3.63) is 65.2 Å². The maximum atomic E-state index is 12.1. The number of alkyl halides is 3. The van der Waals surface area contributed by atoms with Gasteiger partial charge in [-0.05, 0) is 35.2 Å². The van der Waals surface area contributed by atoms with E-state index in [2.05, 4.69) is 11.7 Å². The lowest BCUT2D eigenvalue weighted by Gasteiger charge is -2.14.